The molecule has 0 bridgehead atoms. The van der Waals surface area contributed by atoms with Crippen LogP contribution >= 0.6 is 0 Å². The molecular formula is C23H21F3N4O5. The van der Waals surface area contributed by atoms with E-state index in [1.165, 1.54) is 14.2 Å². The molecule has 0 fully saturated rings. The van der Waals surface area contributed by atoms with Crippen LogP contribution < -0.4 is 0 Å². The zero-order valence-electron chi connectivity index (χ0n) is 19.2. The van der Waals surface area contributed by atoms with E-state index < -0.39 is 18.0 Å². The lowest BCUT2D eigenvalue weighted by Crippen LogP contribution is -2.20. The predicted octanol–water partition coefficient (Wildman–Crippen LogP) is 4.53. The highest BCUT2D eigenvalue weighted by atomic mass is 19.4. The Hall–Kier alpha value is -4.22. The molecule has 1 aromatic heterocycles. The second-order valence-corrected chi connectivity index (χ2v) is 7.17. The van der Waals surface area contributed by atoms with Gasteiger partial charge < -0.3 is 18.9 Å². The topological polar surface area (TPSA) is 108 Å². The summed E-state index contributed by atoms with van der Waals surface area (Å²) >= 11 is 0. The van der Waals surface area contributed by atoms with Gasteiger partial charge in [-0.15, -0.1) is 0 Å². The highest BCUT2D eigenvalue weighted by Crippen LogP contribution is 2.29. The minimum atomic E-state index is -4.73. The van der Waals surface area contributed by atoms with Crippen molar-refractivity contribution in [3.8, 4) is 11.4 Å². The zero-order valence-corrected chi connectivity index (χ0v) is 19.2. The number of alkyl halides is 3. The molecule has 9 nitrogen and oxygen atoms in total. The molecule has 0 radical (unpaired) electrons. The first-order valence-corrected chi connectivity index (χ1v) is 10.1. The summed E-state index contributed by atoms with van der Waals surface area (Å²) in [5.74, 6) is -2.31. The largest absolute Gasteiger partial charge is 0.471 e. The molecule has 2 aromatic carbocycles. The van der Waals surface area contributed by atoms with Crippen LogP contribution in [0.1, 0.15) is 35.1 Å². The number of hydrogen-bond donors (Lipinski definition) is 0. The Bertz CT molecular complexity index is 1270. The van der Waals surface area contributed by atoms with Gasteiger partial charge >= 0.3 is 18.0 Å². The molecule has 0 unspecified atom stereocenters. The van der Waals surface area contributed by atoms with Crippen LogP contribution in [-0.2, 0) is 32.0 Å². The smallest absolute Gasteiger partial charge is 0.464 e. The molecule has 3 aromatic rings. The number of ether oxygens (including phenoxy) is 1. The summed E-state index contributed by atoms with van der Waals surface area (Å²) in [6, 6.07) is 11.7. The summed E-state index contributed by atoms with van der Waals surface area (Å²) in [4.78, 5) is 25.9. The molecular weight excluding hydrogens is 469 g/mol. The number of carbonyl (C=O) groups excluding carboxylic acids is 1. The quantitative estimate of drug-likeness (QED) is 0.259. The fourth-order valence-corrected chi connectivity index (χ4v) is 3.09. The standard InChI is InChI=1S/C23H21F3N4O5/c1-13-7-5-10-17(19(29-33-4)21(31)32-3)18(13)12-34-28-14(2)15-8-6-9-16(11-15)20-27-22(35-30-20)23(24,25)26/h5-11H,12H2,1-4H3/b28-14+,29-19+. The molecule has 1 heterocycles. The Labute approximate surface area is 198 Å². The van der Waals surface area contributed by atoms with E-state index in [1.807, 2.05) is 13.0 Å². The summed E-state index contributed by atoms with van der Waals surface area (Å²) in [5.41, 5.74) is 3.24. The number of oxime groups is 2. The number of rotatable bonds is 8. The normalized spacial score (nSPS) is 12.4. The Morgan fingerprint density at radius 2 is 1.86 bits per heavy atom. The molecule has 0 saturated heterocycles. The van der Waals surface area contributed by atoms with Gasteiger partial charge in [0, 0.05) is 16.7 Å². The van der Waals surface area contributed by atoms with Crippen LogP contribution in [0.2, 0.25) is 0 Å². The molecule has 35 heavy (non-hydrogen) atoms. The summed E-state index contributed by atoms with van der Waals surface area (Å²) in [6.07, 6.45) is -4.73. The van der Waals surface area contributed by atoms with Gasteiger partial charge in [0.25, 0.3) is 0 Å². The molecule has 0 aliphatic heterocycles. The fourth-order valence-electron chi connectivity index (χ4n) is 3.09. The average Bonchev–Trinajstić information content (AvgIpc) is 3.34. The minimum Gasteiger partial charge on any atom is -0.464 e. The highest BCUT2D eigenvalue weighted by molar-refractivity contribution is 6.43. The number of benzene rings is 2. The predicted molar refractivity (Wildman–Crippen MR) is 118 cm³/mol. The lowest BCUT2D eigenvalue weighted by molar-refractivity contribution is -0.159. The van der Waals surface area contributed by atoms with E-state index in [9.17, 15) is 18.0 Å². The van der Waals surface area contributed by atoms with Crippen molar-refractivity contribution in [3.05, 3.63) is 70.6 Å². The van der Waals surface area contributed by atoms with Crippen LogP contribution in [0.4, 0.5) is 13.2 Å². The lowest BCUT2D eigenvalue weighted by atomic mass is 9.99. The van der Waals surface area contributed by atoms with Crippen LogP contribution in [0.3, 0.4) is 0 Å². The zero-order chi connectivity index (χ0) is 25.6. The molecule has 0 aliphatic carbocycles. The van der Waals surface area contributed by atoms with Crippen molar-refractivity contribution in [2.45, 2.75) is 26.6 Å². The van der Waals surface area contributed by atoms with E-state index in [-0.39, 0.29) is 18.1 Å². The van der Waals surface area contributed by atoms with Gasteiger partial charge in [-0.25, -0.2) is 4.79 Å². The van der Waals surface area contributed by atoms with Crippen LogP contribution in [0.25, 0.3) is 11.4 Å². The Kier molecular flexibility index (Phi) is 7.84. The van der Waals surface area contributed by atoms with E-state index >= 15 is 0 Å². The minimum absolute atomic E-state index is 0.00144. The first-order chi connectivity index (χ1) is 16.7. The van der Waals surface area contributed by atoms with Crippen molar-refractivity contribution in [2.24, 2.45) is 10.3 Å². The van der Waals surface area contributed by atoms with Crippen LogP contribution in [0.5, 0.6) is 0 Å². The Morgan fingerprint density at radius 1 is 1.11 bits per heavy atom. The number of halogens is 3. The second-order valence-electron chi connectivity index (χ2n) is 7.17. The Morgan fingerprint density at radius 3 is 2.51 bits per heavy atom. The molecule has 12 heteroatoms. The Balaban J connectivity index is 1.82. The van der Waals surface area contributed by atoms with Gasteiger partial charge in [0.2, 0.25) is 5.82 Å². The van der Waals surface area contributed by atoms with Crippen molar-refractivity contribution >= 4 is 17.4 Å². The van der Waals surface area contributed by atoms with E-state index in [1.54, 1.807) is 43.3 Å². The van der Waals surface area contributed by atoms with Gasteiger partial charge in [0.1, 0.15) is 13.7 Å². The fraction of sp³-hybridized carbons (Fsp3) is 0.261. The number of esters is 1. The highest BCUT2D eigenvalue weighted by Gasteiger charge is 2.38. The molecule has 0 aliphatic rings. The van der Waals surface area contributed by atoms with Gasteiger partial charge in [-0.3, -0.25) is 0 Å². The van der Waals surface area contributed by atoms with Crippen LogP contribution in [0, 0.1) is 6.92 Å². The number of carbonyl (C=O) groups is 1. The molecule has 0 spiro atoms. The van der Waals surface area contributed by atoms with Crippen molar-refractivity contribution in [1.82, 2.24) is 10.1 Å². The van der Waals surface area contributed by atoms with E-state index in [2.05, 4.69) is 25.0 Å². The van der Waals surface area contributed by atoms with Gasteiger partial charge in [0.15, 0.2) is 5.71 Å². The van der Waals surface area contributed by atoms with E-state index in [0.29, 0.717) is 28.0 Å². The molecule has 0 atom stereocenters. The third-order valence-corrected chi connectivity index (χ3v) is 4.84. The number of aromatic nitrogens is 2. The summed E-state index contributed by atoms with van der Waals surface area (Å²) in [6.45, 7) is 3.50. The first kappa shape index (κ1) is 25.4. The third-order valence-electron chi connectivity index (χ3n) is 4.84. The maximum Gasteiger partial charge on any atom is 0.471 e. The van der Waals surface area contributed by atoms with Crippen molar-refractivity contribution in [3.63, 3.8) is 0 Å². The summed E-state index contributed by atoms with van der Waals surface area (Å²) in [5, 5.41) is 11.3. The monoisotopic (exact) mass is 490 g/mol. The van der Waals surface area contributed by atoms with Crippen molar-refractivity contribution < 1.29 is 36.9 Å². The van der Waals surface area contributed by atoms with E-state index in [0.717, 1.165) is 5.56 Å². The molecule has 3 rings (SSSR count). The summed E-state index contributed by atoms with van der Waals surface area (Å²) in [7, 11) is 2.55. The molecule has 0 saturated carbocycles. The van der Waals surface area contributed by atoms with Gasteiger partial charge in [-0.2, -0.15) is 18.2 Å². The van der Waals surface area contributed by atoms with Gasteiger partial charge in [-0.1, -0.05) is 51.9 Å². The number of methoxy groups -OCH3 is 1. The number of hydrogen-bond acceptors (Lipinski definition) is 9. The number of nitrogens with zero attached hydrogens (tertiary/aromatic N) is 4. The first-order valence-electron chi connectivity index (χ1n) is 10.1. The van der Waals surface area contributed by atoms with Gasteiger partial charge in [-0.05, 0) is 31.0 Å². The molecule has 184 valence electrons. The third kappa shape index (κ3) is 6.02. The maximum absolute atomic E-state index is 12.7. The van der Waals surface area contributed by atoms with Crippen molar-refractivity contribution in [1.29, 1.82) is 0 Å². The lowest BCUT2D eigenvalue weighted by Gasteiger charge is -2.12. The molecule has 0 amide bonds. The average molecular weight is 490 g/mol. The van der Waals surface area contributed by atoms with E-state index in [4.69, 9.17) is 14.4 Å². The van der Waals surface area contributed by atoms with Gasteiger partial charge in [0.05, 0.1) is 12.8 Å². The van der Waals surface area contributed by atoms with Crippen LogP contribution in [-0.4, -0.2) is 41.8 Å². The van der Waals surface area contributed by atoms with Crippen LogP contribution in [0.15, 0.2) is 57.3 Å². The van der Waals surface area contributed by atoms with Crippen molar-refractivity contribution in [2.75, 3.05) is 14.2 Å². The maximum atomic E-state index is 12.7. The SMILES string of the molecule is CO/N=C(/C(=O)OC)c1cccc(C)c1CO/N=C(\C)c1cccc(-c2noc(C(F)(F)F)n2)c1. The second kappa shape index (κ2) is 10.8. The number of aryl methyl sites for hydroxylation is 1. The molecule has 0 N–H and O–H groups in total. The summed E-state index contributed by atoms with van der Waals surface area (Å²) < 4.78 is 47.3.